The summed E-state index contributed by atoms with van der Waals surface area (Å²) >= 11 is 3.39. The molecule has 1 aliphatic heterocycles. The first-order chi connectivity index (χ1) is 19.5. The molecule has 0 saturated carbocycles. The van der Waals surface area contributed by atoms with Gasteiger partial charge in [-0.05, 0) is 52.1 Å². The third-order valence-electron chi connectivity index (χ3n) is 8.50. The number of imide groups is 1. The lowest BCUT2D eigenvalue weighted by atomic mass is 9.47. The second-order valence-electron chi connectivity index (χ2n) is 10.5. The number of likely N-dealkylation sites (tertiary alicyclic amines) is 1. The standard InChI is InChI=1S/C33H24BrN3O3/c34-22-16-14-21(15-17-22)30(38)36-35-19-33-25-12-6-4-10-23(25)27(24-11-5-7-13-26(24)33)28-29(33)32(40)37(31(28)39)18-20-8-2-1-3-9-20/h1-17,19,27-29H,18H2,(H,36,38)/b35-19+/t27?,28-,29+,33?/m0/s1. The number of hydrazone groups is 1. The highest BCUT2D eigenvalue weighted by Gasteiger charge is 2.67. The van der Waals surface area contributed by atoms with E-state index in [1.165, 1.54) is 4.90 Å². The first-order valence-corrected chi connectivity index (χ1v) is 14.0. The Bertz CT molecular complexity index is 1650. The van der Waals surface area contributed by atoms with Crippen LogP contribution in [0.1, 0.15) is 44.1 Å². The Hall–Kier alpha value is -4.36. The third kappa shape index (κ3) is 3.54. The Morgan fingerprint density at radius 2 is 1.43 bits per heavy atom. The summed E-state index contributed by atoms with van der Waals surface area (Å²) in [6, 6.07) is 32.6. The maximum absolute atomic E-state index is 14.3. The SMILES string of the molecule is O=C(N/N=C/C12c3ccccc3C(c3ccccc31)[C@@H]1C(=O)N(Cc3ccccc3)C(=O)[C@@H]12)c1ccc(Br)cc1. The van der Waals surface area contributed by atoms with E-state index in [-0.39, 0.29) is 30.2 Å². The van der Waals surface area contributed by atoms with Crippen molar-refractivity contribution < 1.29 is 14.4 Å². The molecule has 8 rings (SSSR count). The number of benzene rings is 4. The van der Waals surface area contributed by atoms with Gasteiger partial charge in [-0.1, -0.05) is 94.8 Å². The van der Waals surface area contributed by atoms with Crippen molar-refractivity contribution in [2.45, 2.75) is 17.9 Å². The molecule has 2 bridgehead atoms. The molecule has 196 valence electrons. The maximum atomic E-state index is 14.3. The molecule has 1 saturated heterocycles. The van der Waals surface area contributed by atoms with E-state index in [4.69, 9.17) is 0 Å². The average Bonchev–Trinajstić information content (AvgIpc) is 3.24. The van der Waals surface area contributed by atoms with E-state index in [1.807, 2.05) is 78.9 Å². The van der Waals surface area contributed by atoms with Gasteiger partial charge in [-0.15, -0.1) is 0 Å². The van der Waals surface area contributed by atoms with Gasteiger partial charge in [0.1, 0.15) is 0 Å². The van der Waals surface area contributed by atoms with Gasteiger partial charge in [0.2, 0.25) is 11.8 Å². The van der Waals surface area contributed by atoms with Crippen molar-refractivity contribution in [2.75, 3.05) is 0 Å². The Kier molecular flexibility index (Phi) is 5.78. The Morgan fingerprint density at radius 3 is 2.08 bits per heavy atom. The minimum atomic E-state index is -1.02. The summed E-state index contributed by atoms with van der Waals surface area (Å²) in [6.45, 7) is 0.221. The summed E-state index contributed by atoms with van der Waals surface area (Å²) in [4.78, 5) is 42.7. The molecular weight excluding hydrogens is 566 g/mol. The number of amides is 3. The number of hydrogen-bond donors (Lipinski definition) is 1. The van der Waals surface area contributed by atoms with E-state index in [1.54, 1.807) is 30.5 Å². The molecule has 4 aromatic rings. The second-order valence-corrected chi connectivity index (χ2v) is 11.4. The first-order valence-electron chi connectivity index (χ1n) is 13.2. The minimum absolute atomic E-state index is 0.162. The van der Waals surface area contributed by atoms with Crippen LogP contribution < -0.4 is 5.43 Å². The van der Waals surface area contributed by atoms with Crippen LogP contribution >= 0.6 is 15.9 Å². The fourth-order valence-corrected chi connectivity index (χ4v) is 7.15. The highest BCUT2D eigenvalue weighted by Crippen LogP contribution is 2.63. The van der Waals surface area contributed by atoms with Crippen LogP contribution in [-0.4, -0.2) is 28.8 Å². The molecule has 4 aliphatic rings. The van der Waals surface area contributed by atoms with Crippen molar-refractivity contribution >= 4 is 39.9 Å². The van der Waals surface area contributed by atoms with Gasteiger partial charge in [0.25, 0.3) is 5.91 Å². The monoisotopic (exact) mass is 589 g/mol. The lowest BCUT2D eigenvalue weighted by Crippen LogP contribution is -2.54. The van der Waals surface area contributed by atoms with Crippen LogP contribution in [0.25, 0.3) is 0 Å². The zero-order valence-corrected chi connectivity index (χ0v) is 22.9. The van der Waals surface area contributed by atoms with E-state index in [0.717, 1.165) is 32.3 Å². The van der Waals surface area contributed by atoms with Gasteiger partial charge in [0.15, 0.2) is 0 Å². The van der Waals surface area contributed by atoms with Gasteiger partial charge in [-0.2, -0.15) is 5.10 Å². The summed E-state index contributed by atoms with van der Waals surface area (Å²) in [5.74, 6) is -2.20. The van der Waals surface area contributed by atoms with Crippen LogP contribution in [0, 0.1) is 11.8 Å². The van der Waals surface area contributed by atoms with Gasteiger partial charge >= 0.3 is 0 Å². The van der Waals surface area contributed by atoms with Gasteiger partial charge in [-0.25, -0.2) is 5.43 Å². The number of halogens is 1. The zero-order chi connectivity index (χ0) is 27.4. The molecule has 0 aromatic heterocycles. The second kappa shape index (κ2) is 9.38. The van der Waals surface area contributed by atoms with Crippen LogP contribution in [-0.2, 0) is 21.5 Å². The van der Waals surface area contributed by atoms with Crippen molar-refractivity contribution in [2.24, 2.45) is 16.9 Å². The number of nitrogens with zero attached hydrogens (tertiary/aromatic N) is 2. The van der Waals surface area contributed by atoms with Crippen molar-refractivity contribution in [3.05, 3.63) is 141 Å². The Morgan fingerprint density at radius 1 is 0.825 bits per heavy atom. The van der Waals surface area contributed by atoms with Crippen LogP contribution in [0.3, 0.4) is 0 Å². The normalized spacial score (nSPS) is 24.1. The topological polar surface area (TPSA) is 78.8 Å². The van der Waals surface area contributed by atoms with Crippen molar-refractivity contribution in [3.8, 4) is 0 Å². The number of nitrogens with one attached hydrogen (secondary N) is 1. The molecule has 4 aromatic carbocycles. The molecule has 1 heterocycles. The molecular formula is C33H24BrN3O3. The molecule has 0 spiro atoms. The molecule has 40 heavy (non-hydrogen) atoms. The van der Waals surface area contributed by atoms with Gasteiger partial charge in [-0.3, -0.25) is 19.3 Å². The highest BCUT2D eigenvalue weighted by atomic mass is 79.9. The predicted molar refractivity (Wildman–Crippen MR) is 155 cm³/mol. The summed E-state index contributed by atoms with van der Waals surface area (Å²) in [5.41, 5.74) is 6.96. The van der Waals surface area contributed by atoms with Crippen LogP contribution in [0.4, 0.5) is 0 Å². The van der Waals surface area contributed by atoms with E-state index in [2.05, 4.69) is 26.5 Å². The number of rotatable bonds is 5. The third-order valence-corrected chi connectivity index (χ3v) is 9.03. The van der Waals surface area contributed by atoms with Gasteiger partial charge < -0.3 is 0 Å². The molecule has 2 atom stereocenters. The average molecular weight is 590 g/mol. The van der Waals surface area contributed by atoms with Gasteiger partial charge in [0.05, 0.1) is 23.8 Å². The van der Waals surface area contributed by atoms with E-state index in [9.17, 15) is 14.4 Å². The highest BCUT2D eigenvalue weighted by molar-refractivity contribution is 9.10. The summed E-state index contributed by atoms with van der Waals surface area (Å²) < 4.78 is 0.870. The molecule has 1 N–H and O–H groups in total. The van der Waals surface area contributed by atoms with Crippen molar-refractivity contribution in [1.82, 2.24) is 10.3 Å². The fourth-order valence-electron chi connectivity index (χ4n) is 6.89. The molecule has 3 amide bonds. The smallest absolute Gasteiger partial charge is 0.271 e. The number of carbonyl (C=O) groups excluding carboxylic acids is 3. The molecule has 6 nitrogen and oxygen atoms in total. The van der Waals surface area contributed by atoms with Gasteiger partial charge in [0, 0.05) is 22.2 Å². The van der Waals surface area contributed by atoms with E-state index < -0.39 is 17.3 Å². The lowest BCUT2D eigenvalue weighted by Gasteiger charge is -2.52. The van der Waals surface area contributed by atoms with Crippen LogP contribution in [0.15, 0.2) is 113 Å². The minimum Gasteiger partial charge on any atom is -0.278 e. The maximum Gasteiger partial charge on any atom is 0.271 e. The molecule has 0 unspecified atom stereocenters. The zero-order valence-electron chi connectivity index (χ0n) is 21.3. The molecule has 7 heteroatoms. The summed E-state index contributed by atoms with van der Waals surface area (Å²) in [6.07, 6.45) is 1.69. The molecule has 1 fully saturated rings. The quantitative estimate of drug-likeness (QED) is 0.192. The van der Waals surface area contributed by atoms with Crippen LogP contribution in [0.5, 0.6) is 0 Å². The fraction of sp³-hybridized carbons (Fsp3) is 0.152. The molecule has 3 aliphatic carbocycles. The lowest BCUT2D eigenvalue weighted by molar-refractivity contribution is -0.140. The summed E-state index contributed by atoms with van der Waals surface area (Å²) in [7, 11) is 0. The van der Waals surface area contributed by atoms with Crippen molar-refractivity contribution in [1.29, 1.82) is 0 Å². The van der Waals surface area contributed by atoms with E-state index in [0.29, 0.717) is 5.56 Å². The summed E-state index contributed by atoms with van der Waals surface area (Å²) in [5, 5.41) is 4.47. The first kappa shape index (κ1) is 24.7. The number of hydrogen-bond acceptors (Lipinski definition) is 4. The Balaban J connectivity index is 1.36. The van der Waals surface area contributed by atoms with E-state index >= 15 is 0 Å². The van der Waals surface area contributed by atoms with Crippen LogP contribution in [0.2, 0.25) is 0 Å². The largest absolute Gasteiger partial charge is 0.278 e. The Labute approximate surface area is 239 Å². The number of carbonyl (C=O) groups is 3. The predicted octanol–water partition coefficient (Wildman–Crippen LogP) is 5.41. The molecule has 0 radical (unpaired) electrons. The van der Waals surface area contributed by atoms with Crippen molar-refractivity contribution in [3.63, 3.8) is 0 Å².